The van der Waals surface area contributed by atoms with Crippen LogP contribution in [0, 0.1) is 23.2 Å². The average molecular weight is 440 g/mol. The molecule has 2 heterocycles. The zero-order valence-electron chi connectivity index (χ0n) is 19.3. The highest BCUT2D eigenvalue weighted by Crippen LogP contribution is 2.61. The molecule has 1 aliphatic heterocycles. The number of hydrogen-bond acceptors (Lipinski definition) is 5. The Labute approximate surface area is 191 Å². The van der Waals surface area contributed by atoms with E-state index in [4.69, 9.17) is 0 Å². The number of aromatic nitrogens is 1. The van der Waals surface area contributed by atoms with Crippen molar-refractivity contribution < 1.29 is 9.59 Å². The molecule has 0 radical (unpaired) electrons. The number of carbonyl (C=O) groups is 2. The summed E-state index contributed by atoms with van der Waals surface area (Å²) in [5.41, 5.74) is 1.18. The highest BCUT2D eigenvalue weighted by molar-refractivity contribution is 5.84. The third-order valence-electron chi connectivity index (χ3n) is 8.27. The van der Waals surface area contributed by atoms with E-state index >= 15 is 0 Å². The highest BCUT2D eigenvalue weighted by atomic mass is 16.2. The summed E-state index contributed by atoms with van der Waals surface area (Å²) >= 11 is 0. The van der Waals surface area contributed by atoms with E-state index in [2.05, 4.69) is 32.5 Å². The molecule has 2 N–H and O–H groups in total. The van der Waals surface area contributed by atoms with Gasteiger partial charge in [-0.05, 0) is 80.4 Å². The van der Waals surface area contributed by atoms with Gasteiger partial charge in [0.15, 0.2) is 0 Å². The van der Waals surface area contributed by atoms with Gasteiger partial charge in [-0.1, -0.05) is 6.07 Å². The Hall–Kier alpha value is -2.15. The molecule has 4 aliphatic carbocycles. The van der Waals surface area contributed by atoms with Gasteiger partial charge in [0, 0.05) is 45.3 Å². The summed E-state index contributed by atoms with van der Waals surface area (Å²) in [7, 11) is 2.14. The van der Waals surface area contributed by atoms with Crippen molar-refractivity contribution in [2.75, 3.05) is 44.7 Å². The van der Waals surface area contributed by atoms with Crippen molar-refractivity contribution in [1.29, 1.82) is 0 Å². The molecule has 5 fully saturated rings. The van der Waals surface area contributed by atoms with Crippen LogP contribution in [0.25, 0.3) is 0 Å². The molecule has 7 heteroatoms. The lowest BCUT2D eigenvalue weighted by atomic mass is 9.49. The molecule has 6 rings (SSSR count). The van der Waals surface area contributed by atoms with Gasteiger partial charge in [-0.15, -0.1) is 0 Å². The first kappa shape index (κ1) is 21.7. The number of nitrogens with one attached hydrogen (secondary N) is 2. The lowest BCUT2D eigenvalue weighted by Crippen LogP contribution is -2.48. The van der Waals surface area contributed by atoms with E-state index in [0.717, 1.165) is 55.3 Å². The largest absolute Gasteiger partial charge is 0.354 e. The number of anilines is 1. The van der Waals surface area contributed by atoms with Crippen LogP contribution in [0.3, 0.4) is 0 Å². The normalized spacial score (nSPS) is 31.5. The summed E-state index contributed by atoms with van der Waals surface area (Å²) in [4.78, 5) is 34.1. The van der Waals surface area contributed by atoms with Crippen LogP contribution in [0.1, 0.15) is 50.5 Å². The first-order valence-electron chi connectivity index (χ1n) is 12.4. The van der Waals surface area contributed by atoms with Crippen molar-refractivity contribution in [3.05, 3.63) is 23.9 Å². The van der Waals surface area contributed by atoms with Crippen LogP contribution >= 0.6 is 0 Å². The molecule has 1 saturated heterocycles. The number of carbonyl (C=O) groups excluding carboxylic acids is 2. The zero-order chi connectivity index (χ0) is 22.1. The maximum atomic E-state index is 12.6. The third kappa shape index (κ3) is 4.92. The first-order chi connectivity index (χ1) is 15.5. The Balaban J connectivity index is 1.03. The van der Waals surface area contributed by atoms with Crippen molar-refractivity contribution in [2.24, 2.45) is 23.2 Å². The molecule has 0 aromatic carbocycles. The smallest absolute Gasteiger partial charge is 0.239 e. The summed E-state index contributed by atoms with van der Waals surface area (Å²) < 4.78 is 0. The topological polar surface area (TPSA) is 77.6 Å². The molecular formula is C25H37N5O2. The number of nitrogens with zero attached hydrogens (tertiary/aromatic N) is 3. The Kier molecular flexibility index (Phi) is 6.10. The fourth-order valence-corrected chi connectivity index (χ4v) is 7.10. The van der Waals surface area contributed by atoms with Crippen LogP contribution in [0.5, 0.6) is 0 Å². The molecule has 0 spiro atoms. The van der Waals surface area contributed by atoms with E-state index in [1.807, 2.05) is 18.3 Å². The lowest BCUT2D eigenvalue weighted by Gasteiger charge is -2.56. The minimum Gasteiger partial charge on any atom is -0.354 e. The molecule has 4 bridgehead atoms. The summed E-state index contributed by atoms with van der Waals surface area (Å²) in [6, 6.07) is 4.05. The van der Waals surface area contributed by atoms with Gasteiger partial charge >= 0.3 is 0 Å². The second kappa shape index (κ2) is 9.00. The average Bonchev–Trinajstić information content (AvgIpc) is 2.76. The molecule has 0 atom stereocenters. The minimum absolute atomic E-state index is 0.0419. The lowest BCUT2D eigenvalue weighted by molar-refractivity contribution is -0.131. The maximum absolute atomic E-state index is 12.6. The summed E-state index contributed by atoms with van der Waals surface area (Å²) in [5.74, 6) is 3.41. The number of pyridine rings is 1. The Bertz CT molecular complexity index is 796. The molecule has 1 aromatic heterocycles. The zero-order valence-corrected chi connectivity index (χ0v) is 19.3. The van der Waals surface area contributed by atoms with Crippen LogP contribution in [0.15, 0.2) is 18.3 Å². The van der Waals surface area contributed by atoms with Crippen molar-refractivity contribution in [3.8, 4) is 0 Å². The number of hydrogen-bond donors (Lipinski definition) is 2. The van der Waals surface area contributed by atoms with Crippen LogP contribution < -0.4 is 15.5 Å². The maximum Gasteiger partial charge on any atom is 0.239 e. The van der Waals surface area contributed by atoms with E-state index in [1.165, 1.54) is 38.5 Å². The predicted molar refractivity (Wildman–Crippen MR) is 124 cm³/mol. The molecular weight excluding hydrogens is 402 g/mol. The minimum atomic E-state index is -0.146. The van der Waals surface area contributed by atoms with Gasteiger partial charge in [-0.3, -0.25) is 9.59 Å². The van der Waals surface area contributed by atoms with Crippen molar-refractivity contribution >= 4 is 17.6 Å². The van der Waals surface area contributed by atoms with Gasteiger partial charge in [0.2, 0.25) is 11.8 Å². The van der Waals surface area contributed by atoms with Crippen LogP contribution in [-0.2, 0) is 16.1 Å². The van der Waals surface area contributed by atoms with Crippen molar-refractivity contribution in [3.63, 3.8) is 0 Å². The molecule has 32 heavy (non-hydrogen) atoms. The predicted octanol–water partition coefficient (Wildman–Crippen LogP) is 2.17. The summed E-state index contributed by atoms with van der Waals surface area (Å²) in [6.07, 6.45) is 10.2. The van der Waals surface area contributed by atoms with E-state index in [-0.39, 0.29) is 23.8 Å². The van der Waals surface area contributed by atoms with Crippen LogP contribution in [0.4, 0.5) is 5.82 Å². The number of rotatable bonds is 7. The van der Waals surface area contributed by atoms with E-state index in [1.54, 1.807) is 0 Å². The molecule has 174 valence electrons. The molecule has 2 amide bonds. The Morgan fingerprint density at radius 2 is 1.62 bits per heavy atom. The Morgan fingerprint density at radius 1 is 0.969 bits per heavy atom. The summed E-state index contributed by atoms with van der Waals surface area (Å²) in [5, 5.41) is 5.78. The fourth-order valence-electron chi connectivity index (χ4n) is 7.10. The Morgan fingerprint density at radius 3 is 2.22 bits per heavy atom. The van der Waals surface area contributed by atoms with E-state index < -0.39 is 0 Å². The second-order valence-electron chi connectivity index (χ2n) is 11.0. The van der Waals surface area contributed by atoms with E-state index in [9.17, 15) is 9.59 Å². The fraction of sp³-hybridized carbons (Fsp3) is 0.720. The van der Waals surface area contributed by atoms with Gasteiger partial charge < -0.3 is 20.4 Å². The van der Waals surface area contributed by atoms with Crippen molar-refractivity contribution in [1.82, 2.24) is 20.5 Å². The highest BCUT2D eigenvalue weighted by Gasteiger charge is 2.51. The number of likely N-dealkylation sites (N-methyl/N-ethyl adjacent to an activating group) is 1. The van der Waals surface area contributed by atoms with Crippen LogP contribution in [-0.4, -0.2) is 61.5 Å². The molecule has 7 nitrogen and oxygen atoms in total. The summed E-state index contributed by atoms with van der Waals surface area (Å²) in [6.45, 7) is 4.56. The molecule has 0 unspecified atom stereocenters. The third-order valence-corrected chi connectivity index (χ3v) is 8.27. The van der Waals surface area contributed by atoms with Crippen LogP contribution in [0.2, 0.25) is 0 Å². The van der Waals surface area contributed by atoms with Gasteiger partial charge in [0.1, 0.15) is 5.82 Å². The number of piperazine rings is 1. The monoisotopic (exact) mass is 439 g/mol. The quantitative estimate of drug-likeness (QED) is 0.681. The van der Waals surface area contributed by atoms with Crippen molar-refractivity contribution in [2.45, 2.75) is 51.5 Å². The van der Waals surface area contributed by atoms with Gasteiger partial charge in [0.05, 0.1) is 6.54 Å². The van der Waals surface area contributed by atoms with Gasteiger partial charge in [-0.2, -0.15) is 0 Å². The second-order valence-corrected chi connectivity index (χ2v) is 11.0. The molecule has 1 aromatic rings. The van der Waals surface area contributed by atoms with E-state index in [0.29, 0.717) is 13.0 Å². The SMILES string of the molecule is CN1CCN(c2ccc(CNC(=O)CNC(=O)CC34CC5CC(CC(C5)C3)C4)cn2)CC1. The van der Waals surface area contributed by atoms with Gasteiger partial charge in [-0.25, -0.2) is 4.98 Å². The molecule has 4 saturated carbocycles. The number of amides is 2. The molecule has 5 aliphatic rings. The van der Waals surface area contributed by atoms with Gasteiger partial charge in [0.25, 0.3) is 0 Å². The first-order valence-corrected chi connectivity index (χ1v) is 12.4. The standard InChI is InChI=1S/C25H37N5O2/c1-29-4-6-30(7-5-29)22-3-2-18(15-26-22)16-27-24(32)17-28-23(31)14-25-11-19-8-20(12-25)10-21(9-19)13-25/h2-3,15,19-21H,4-14,16-17H2,1H3,(H,27,32)(H,28,31).